The summed E-state index contributed by atoms with van der Waals surface area (Å²) >= 11 is 5.57. The molecule has 9 heteroatoms. The highest BCUT2D eigenvalue weighted by Crippen LogP contribution is 2.23. The van der Waals surface area contributed by atoms with Crippen molar-refractivity contribution in [2.24, 2.45) is 7.05 Å². The molecule has 0 aliphatic carbocycles. The van der Waals surface area contributed by atoms with Gasteiger partial charge in [0.05, 0.1) is 10.7 Å². The zero-order chi connectivity index (χ0) is 15.8. The van der Waals surface area contributed by atoms with Gasteiger partial charge in [-0.25, -0.2) is 17.6 Å². The number of halogens is 2. The predicted octanol–water partition coefficient (Wildman–Crippen LogP) is 2.32. The van der Waals surface area contributed by atoms with E-state index in [1.807, 2.05) is 0 Å². The van der Waals surface area contributed by atoms with Crippen LogP contribution in [0.3, 0.4) is 0 Å². The third-order valence-corrected chi connectivity index (χ3v) is 4.32. The van der Waals surface area contributed by atoms with E-state index in [2.05, 4.69) is 4.72 Å². The second-order valence-electron chi connectivity index (χ2n) is 4.21. The van der Waals surface area contributed by atoms with Crippen molar-refractivity contribution < 1.29 is 22.7 Å². The fourth-order valence-electron chi connectivity index (χ4n) is 1.67. The van der Waals surface area contributed by atoms with E-state index < -0.39 is 21.8 Å². The van der Waals surface area contributed by atoms with E-state index in [0.29, 0.717) is 0 Å². The topological polar surface area (TPSA) is 88.4 Å². The summed E-state index contributed by atoms with van der Waals surface area (Å²) in [7, 11) is -2.58. The average molecular weight is 333 g/mol. The van der Waals surface area contributed by atoms with E-state index in [1.165, 1.54) is 17.7 Å². The molecule has 0 bridgehead atoms. The molecule has 6 nitrogen and oxygen atoms in total. The molecule has 0 aliphatic heterocycles. The van der Waals surface area contributed by atoms with Crippen molar-refractivity contribution in [3.05, 3.63) is 47.0 Å². The zero-order valence-corrected chi connectivity index (χ0v) is 12.2. The van der Waals surface area contributed by atoms with Crippen molar-refractivity contribution in [2.75, 3.05) is 4.72 Å². The van der Waals surface area contributed by atoms with Crippen molar-refractivity contribution in [2.45, 2.75) is 4.90 Å². The summed E-state index contributed by atoms with van der Waals surface area (Å²) in [5.41, 5.74) is -0.102. The van der Waals surface area contributed by atoms with Gasteiger partial charge >= 0.3 is 5.97 Å². The van der Waals surface area contributed by atoms with Crippen molar-refractivity contribution in [3.8, 4) is 0 Å². The number of hydrogen-bond acceptors (Lipinski definition) is 3. The van der Waals surface area contributed by atoms with E-state index in [4.69, 9.17) is 16.7 Å². The van der Waals surface area contributed by atoms with Crippen molar-refractivity contribution >= 4 is 33.3 Å². The SMILES string of the molecule is Cn1cc(S(=O)(=O)Nc2ccc(F)c(Cl)c2)cc1C(=O)O. The summed E-state index contributed by atoms with van der Waals surface area (Å²) in [6, 6.07) is 4.37. The van der Waals surface area contributed by atoms with Gasteiger partial charge in [0.25, 0.3) is 10.0 Å². The number of carboxylic acids is 1. The van der Waals surface area contributed by atoms with Crippen LogP contribution in [-0.4, -0.2) is 24.1 Å². The molecule has 0 radical (unpaired) electrons. The zero-order valence-electron chi connectivity index (χ0n) is 10.7. The fraction of sp³-hybridized carbons (Fsp3) is 0.0833. The Balaban J connectivity index is 2.36. The van der Waals surface area contributed by atoms with Gasteiger partial charge in [-0.15, -0.1) is 0 Å². The minimum absolute atomic E-state index is 0.0714. The lowest BCUT2D eigenvalue weighted by Gasteiger charge is -2.06. The third kappa shape index (κ3) is 3.17. The van der Waals surface area contributed by atoms with Gasteiger partial charge in [0, 0.05) is 13.2 Å². The van der Waals surface area contributed by atoms with Crippen LogP contribution in [-0.2, 0) is 17.1 Å². The van der Waals surface area contributed by atoms with E-state index in [-0.39, 0.29) is 21.3 Å². The Labute approximate surface area is 124 Å². The number of hydrogen-bond donors (Lipinski definition) is 2. The van der Waals surface area contributed by atoms with Gasteiger partial charge in [-0.2, -0.15) is 0 Å². The summed E-state index contributed by atoms with van der Waals surface area (Å²) in [5, 5.41) is 8.68. The number of carboxylic acid groups (broad SMARTS) is 1. The molecule has 0 amide bonds. The number of rotatable bonds is 4. The smallest absolute Gasteiger partial charge is 0.352 e. The first-order valence-corrected chi connectivity index (χ1v) is 7.44. The molecule has 1 aromatic carbocycles. The second-order valence-corrected chi connectivity index (χ2v) is 6.30. The Hall–Kier alpha value is -2.06. The number of aryl methyl sites for hydroxylation is 1. The number of anilines is 1. The number of aromatic carboxylic acids is 1. The van der Waals surface area contributed by atoms with E-state index >= 15 is 0 Å². The van der Waals surface area contributed by atoms with Gasteiger partial charge in [-0.05, 0) is 24.3 Å². The van der Waals surface area contributed by atoms with Gasteiger partial charge in [0.1, 0.15) is 16.4 Å². The summed E-state index contributed by atoms with van der Waals surface area (Å²) in [5.74, 6) is -1.92. The first kappa shape index (κ1) is 15.3. The Bertz CT molecular complexity index is 817. The summed E-state index contributed by atoms with van der Waals surface area (Å²) < 4.78 is 40.7. The van der Waals surface area contributed by atoms with Crippen LogP contribution in [0.4, 0.5) is 10.1 Å². The lowest BCUT2D eigenvalue weighted by Crippen LogP contribution is -2.12. The van der Waals surface area contributed by atoms with Gasteiger partial charge in [0.15, 0.2) is 0 Å². The van der Waals surface area contributed by atoms with Crippen molar-refractivity contribution in [1.29, 1.82) is 0 Å². The first-order chi connectivity index (χ1) is 9.70. The third-order valence-electron chi connectivity index (χ3n) is 2.68. The maximum atomic E-state index is 13.0. The van der Waals surface area contributed by atoms with E-state index in [0.717, 1.165) is 24.4 Å². The summed E-state index contributed by atoms with van der Waals surface area (Å²) in [6.07, 6.45) is 1.16. The minimum Gasteiger partial charge on any atom is -0.477 e. The van der Waals surface area contributed by atoms with Crippen LogP contribution in [0.5, 0.6) is 0 Å². The van der Waals surface area contributed by atoms with Crippen LogP contribution >= 0.6 is 11.6 Å². The molecule has 2 aromatic rings. The molecule has 1 aromatic heterocycles. The standard InChI is InChI=1S/C12H10ClFN2O4S/c1-16-6-8(5-11(16)12(17)18)21(19,20)15-7-2-3-10(14)9(13)4-7/h2-6,15H,1H3,(H,17,18). The molecule has 0 fully saturated rings. The molecular weight excluding hydrogens is 323 g/mol. The van der Waals surface area contributed by atoms with Crippen molar-refractivity contribution in [3.63, 3.8) is 0 Å². The molecule has 21 heavy (non-hydrogen) atoms. The number of benzene rings is 1. The molecule has 1 heterocycles. The van der Waals surface area contributed by atoms with Crippen LogP contribution in [0.25, 0.3) is 0 Å². The lowest BCUT2D eigenvalue weighted by molar-refractivity contribution is 0.0686. The monoisotopic (exact) mass is 332 g/mol. The van der Waals surface area contributed by atoms with Crippen molar-refractivity contribution in [1.82, 2.24) is 4.57 Å². The average Bonchev–Trinajstić information content (AvgIpc) is 2.77. The highest BCUT2D eigenvalue weighted by Gasteiger charge is 2.20. The highest BCUT2D eigenvalue weighted by molar-refractivity contribution is 7.92. The predicted molar refractivity (Wildman–Crippen MR) is 74.6 cm³/mol. The molecule has 0 unspecified atom stereocenters. The number of carbonyl (C=O) groups is 1. The molecule has 0 aliphatic rings. The van der Waals surface area contributed by atoms with Gasteiger partial charge in [-0.3, -0.25) is 4.72 Å². The Kier molecular flexibility index (Phi) is 3.93. The van der Waals surface area contributed by atoms with Crippen LogP contribution in [0.15, 0.2) is 35.4 Å². The van der Waals surface area contributed by atoms with Gasteiger partial charge < -0.3 is 9.67 Å². The van der Waals surface area contributed by atoms with Crippen LogP contribution < -0.4 is 4.72 Å². The summed E-state index contributed by atoms with van der Waals surface area (Å²) in [6.45, 7) is 0. The van der Waals surface area contributed by atoms with Crippen LogP contribution in [0.1, 0.15) is 10.5 Å². The largest absolute Gasteiger partial charge is 0.477 e. The van der Waals surface area contributed by atoms with E-state index in [1.54, 1.807) is 0 Å². The molecule has 112 valence electrons. The Morgan fingerprint density at radius 1 is 1.38 bits per heavy atom. The molecule has 0 saturated carbocycles. The van der Waals surface area contributed by atoms with Crippen LogP contribution in [0, 0.1) is 5.82 Å². The highest BCUT2D eigenvalue weighted by atomic mass is 35.5. The normalized spacial score (nSPS) is 11.4. The number of aromatic nitrogens is 1. The molecule has 0 atom stereocenters. The number of nitrogens with zero attached hydrogens (tertiary/aromatic N) is 1. The lowest BCUT2D eigenvalue weighted by atomic mass is 10.3. The quantitative estimate of drug-likeness (QED) is 0.899. The Morgan fingerprint density at radius 3 is 2.57 bits per heavy atom. The van der Waals surface area contributed by atoms with Gasteiger partial charge in [0.2, 0.25) is 0 Å². The molecule has 2 N–H and O–H groups in total. The summed E-state index contributed by atoms with van der Waals surface area (Å²) in [4.78, 5) is 10.7. The maximum absolute atomic E-state index is 13.0. The fourth-order valence-corrected chi connectivity index (χ4v) is 2.97. The molecule has 0 saturated heterocycles. The van der Waals surface area contributed by atoms with Crippen LogP contribution in [0.2, 0.25) is 5.02 Å². The minimum atomic E-state index is -3.99. The van der Waals surface area contributed by atoms with Gasteiger partial charge in [-0.1, -0.05) is 11.6 Å². The Morgan fingerprint density at radius 2 is 2.05 bits per heavy atom. The maximum Gasteiger partial charge on any atom is 0.352 e. The number of sulfonamides is 1. The molecule has 0 spiro atoms. The second kappa shape index (κ2) is 5.38. The number of nitrogens with one attached hydrogen (secondary N) is 1. The first-order valence-electron chi connectivity index (χ1n) is 5.58. The molecule has 2 rings (SSSR count). The van der Waals surface area contributed by atoms with E-state index in [9.17, 15) is 17.6 Å². The molecular formula is C12H10ClFN2O4S.